The number of allylic oxidation sites excluding steroid dienone is 4. The first-order valence-electron chi connectivity index (χ1n) is 23.0. The van der Waals surface area contributed by atoms with E-state index in [2.05, 4.69) is 264 Å². The fraction of sp³-hybridized carbons (Fsp3) is 0.311. The highest BCUT2D eigenvalue weighted by Crippen LogP contribution is 2.52. The Morgan fingerprint density at radius 1 is 0.381 bits per heavy atom. The van der Waals surface area contributed by atoms with Gasteiger partial charge >= 0.3 is 0 Å². The molecule has 0 aromatic heterocycles. The van der Waals surface area contributed by atoms with Crippen molar-refractivity contribution in [3.8, 4) is 0 Å². The molecule has 7 aromatic rings. The lowest BCUT2D eigenvalue weighted by Gasteiger charge is -2.35. The number of hydrogen-bond acceptors (Lipinski definition) is 2. The second kappa shape index (κ2) is 16.0. The molecule has 1 aliphatic rings. The van der Waals surface area contributed by atoms with Crippen molar-refractivity contribution in [1.29, 1.82) is 0 Å². The first-order chi connectivity index (χ1) is 29.6. The molecule has 2 heteroatoms. The van der Waals surface area contributed by atoms with Crippen LogP contribution in [-0.2, 0) is 27.1 Å². The second-order valence-electron chi connectivity index (χ2n) is 22.3. The van der Waals surface area contributed by atoms with E-state index in [0.29, 0.717) is 0 Å². The van der Waals surface area contributed by atoms with E-state index in [0.717, 1.165) is 29.2 Å². The highest BCUT2D eigenvalue weighted by Gasteiger charge is 2.30. The maximum absolute atomic E-state index is 2.52. The molecule has 0 amide bonds. The van der Waals surface area contributed by atoms with E-state index in [9.17, 15) is 0 Å². The standard InChI is InChI=1S/C61H68N2/c1-57(2,3)42-21-30-47(31-22-42)62(48-32-23-43(24-33-48)58(4,5)6)55-51-19-15-16-20-52(51)56(54-41-46(29-38-53(54)55)61(13)39-17-14-18-40-61)63(49-34-25-44(26-35-49)59(7,8)9)50-36-27-45(28-37-50)60(10,11)12/h14-39,41H,40H2,1-13H3. The van der Waals surface area contributed by atoms with Crippen molar-refractivity contribution in [3.05, 3.63) is 192 Å². The van der Waals surface area contributed by atoms with Gasteiger partial charge in [-0.3, -0.25) is 0 Å². The maximum Gasteiger partial charge on any atom is 0.0620 e. The van der Waals surface area contributed by atoms with Crippen molar-refractivity contribution in [2.45, 2.75) is 124 Å². The summed E-state index contributed by atoms with van der Waals surface area (Å²) in [5.41, 5.74) is 13.5. The van der Waals surface area contributed by atoms with Gasteiger partial charge in [0, 0.05) is 49.7 Å². The molecule has 8 rings (SSSR count). The molecule has 2 nitrogen and oxygen atoms in total. The Labute approximate surface area is 379 Å². The lowest BCUT2D eigenvalue weighted by molar-refractivity contribution is 0.590. The number of benzene rings is 7. The van der Waals surface area contributed by atoms with Gasteiger partial charge in [-0.2, -0.15) is 0 Å². The minimum absolute atomic E-state index is 0.0324. The van der Waals surface area contributed by atoms with Crippen molar-refractivity contribution in [2.24, 2.45) is 0 Å². The van der Waals surface area contributed by atoms with Gasteiger partial charge < -0.3 is 9.80 Å². The molecule has 1 unspecified atom stereocenters. The third-order valence-electron chi connectivity index (χ3n) is 13.3. The summed E-state index contributed by atoms with van der Waals surface area (Å²) >= 11 is 0. The molecule has 0 bridgehead atoms. The average Bonchev–Trinajstić information content (AvgIpc) is 3.24. The first kappa shape index (κ1) is 43.8. The fourth-order valence-electron chi connectivity index (χ4n) is 9.17. The van der Waals surface area contributed by atoms with Gasteiger partial charge in [0.1, 0.15) is 0 Å². The summed E-state index contributed by atoms with van der Waals surface area (Å²) in [4.78, 5) is 5.04. The molecule has 0 aliphatic heterocycles. The Morgan fingerprint density at radius 3 is 1.03 bits per heavy atom. The number of rotatable bonds is 7. The molecule has 0 saturated carbocycles. The van der Waals surface area contributed by atoms with Crippen LogP contribution in [0.5, 0.6) is 0 Å². The van der Waals surface area contributed by atoms with Crippen LogP contribution in [0.1, 0.15) is 124 Å². The Bertz CT molecular complexity index is 2690. The number of hydrogen-bond donors (Lipinski definition) is 0. The quantitative estimate of drug-likeness (QED) is 0.117. The van der Waals surface area contributed by atoms with Gasteiger partial charge in [0.15, 0.2) is 0 Å². The van der Waals surface area contributed by atoms with Crippen molar-refractivity contribution in [2.75, 3.05) is 9.80 Å². The molecule has 0 radical (unpaired) electrons. The van der Waals surface area contributed by atoms with Crippen LogP contribution in [0, 0.1) is 0 Å². The van der Waals surface area contributed by atoms with Crippen LogP contribution in [-0.4, -0.2) is 0 Å². The Morgan fingerprint density at radius 2 is 0.714 bits per heavy atom. The summed E-state index contributed by atoms with van der Waals surface area (Å²) in [6.07, 6.45) is 10.0. The fourth-order valence-corrected chi connectivity index (χ4v) is 9.17. The van der Waals surface area contributed by atoms with E-state index in [-0.39, 0.29) is 27.1 Å². The molecular formula is C61H68N2. The zero-order valence-corrected chi connectivity index (χ0v) is 40.2. The van der Waals surface area contributed by atoms with Crippen molar-refractivity contribution in [1.82, 2.24) is 0 Å². The summed E-state index contributed by atoms with van der Waals surface area (Å²) in [6, 6.07) is 53.5. The molecule has 0 saturated heterocycles. The summed E-state index contributed by atoms with van der Waals surface area (Å²) in [7, 11) is 0. The summed E-state index contributed by atoms with van der Waals surface area (Å²) in [5, 5.41) is 4.81. The van der Waals surface area contributed by atoms with E-state index in [4.69, 9.17) is 0 Å². The largest absolute Gasteiger partial charge is 0.309 e. The number of nitrogens with zero attached hydrogens (tertiary/aromatic N) is 2. The van der Waals surface area contributed by atoms with Crippen LogP contribution in [0.2, 0.25) is 0 Å². The van der Waals surface area contributed by atoms with Crippen LogP contribution >= 0.6 is 0 Å². The maximum atomic E-state index is 2.52. The van der Waals surface area contributed by atoms with Crippen molar-refractivity contribution in [3.63, 3.8) is 0 Å². The SMILES string of the molecule is CC(C)(C)c1ccc(N(c2ccc(C(C)(C)C)cc2)c2c3ccccc3c(N(c3ccc(C(C)(C)C)cc3)c3ccc(C(C)(C)C)cc3)c3cc(C4(C)C=CC=CC4)ccc23)cc1. The molecule has 0 spiro atoms. The minimum Gasteiger partial charge on any atom is -0.309 e. The van der Waals surface area contributed by atoms with Gasteiger partial charge in [-0.15, -0.1) is 0 Å². The monoisotopic (exact) mass is 829 g/mol. The van der Waals surface area contributed by atoms with Gasteiger partial charge in [0.05, 0.1) is 11.4 Å². The summed E-state index contributed by atoms with van der Waals surface area (Å²) in [5.74, 6) is 0. The lowest BCUT2D eigenvalue weighted by atomic mass is 9.76. The molecule has 0 N–H and O–H groups in total. The summed E-state index contributed by atoms with van der Waals surface area (Å²) in [6.45, 7) is 29.9. The zero-order chi connectivity index (χ0) is 45.1. The Balaban J connectivity index is 1.50. The van der Waals surface area contributed by atoms with E-state index in [1.165, 1.54) is 60.7 Å². The molecule has 322 valence electrons. The molecule has 1 aliphatic carbocycles. The van der Waals surface area contributed by atoms with Gasteiger partial charge in [0.2, 0.25) is 0 Å². The first-order valence-corrected chi connectivity index (χ1v) is 23.0. The molecule has 7 aromatic carbocycles. The average molecular weight is 829 g/mol. The predicted molar refractivity (Wildman–Crippen MR) is 276 cm³/mol. The van der Waals surface area contributed by atoms with Gasteiger partial charge in [-0.1, -0.05) is 199 Å². The van der Waals surface area contributed by atoms with E-state index >= 15 is 0 Å². The van der Waals surface area contributed by atoms with Gasteiger partial charge in [-0.05, 0) is 110 Å². The highest BCUT2D eigenvalue weighted by atomic mass is 15.2. The smallest absolute Gasteiger partial charge is 0.0620 e. The third kappa shape index (κ3) is 8.62. The lowest BCUT2D eigenvalue weighted by Crippen LogP contribution is -2.20. The third-order valence-corrected chi connectivity index (χ3v) is 13.3. The van der Waals surface area contributed by atoms with Crippen molar-refractivity contribution < 1.29 is 0 Å². The normalized spacial score (nSPS) is 15.9. The zero-order valence-electron chi connectivity index (χ0n) is 40.2. The Kier molecular flexibility index (Phi) is 11.1. The van der Waals surface area contributed by atoms with Crippen LogP contribution in [0.3, 0.4) is 0 Å². The van der Waals surface area contributed by atoms with Crippen LogP contribution in [0.4, 0.5) is 34.1 Å². The number of anilines is 6. The molecule has 63 heavy (non-hydrogen) atoms. The van der Waals surface area contributed by atoms with E-state index in [1.807, 2.05) is 0 Å². The predicted octanol–water partition coefficient (Wildman–Crippen LogP) is 17.9. The number of fused-ring (bicyclic) bond motifs is 2. The topological polar surface area (TPSA) is 6.48 Å². The van der Waals surface area contributed by atoms with E-state index < -0.39 is 0 Å². The van der Waals surface area contributed by atoms with Crippen LogP contribution in [0.25, 0.3) is 21.5 Å². The van der Waals surface area contributed by atoms with E-state index in [1.54, 1.807) is 0 Å². The molecular weight excluding hydrogens is 761 g/mol. The minimum atomic E-state index is -0.148. The second-order valence-corrected chi connectivity index (χ2v) is 22.3. The van der Waals surface area contributed by atoms with Gasteiger partial charge in [0.25, 0.3) is 0 Å². The highest BCUT2D eigenvalue weighted by molar-refractivity contribution is 6.23. The summed E-state index contributed by atoms with van der Waals surface area (Å²) < 4.78 is 0. The van der Waals surface area contributed by atoms with Crippen LogP contribution < -0.4 is 9.80 Å². The molecule has 1 atom stereocenters. The van der Waals surface area contributed by atoms with Gasteiger partial charge in [-0.25, -0.2) is 0 Å². The van der Waals surface area contributed by atoms with Crippen LogP contribution in [0.15, 0.2) is 164 Å². The molecule has 0 fully saturated rings. The molecule has 0 heterocycles. The van der Waals surface area contributed by atoms with Crippen molar-refractivity contribution >= 4 is 55.7 Å². The Hall–Kier alpha value is -5.86.